The number of hydrogen-bond donors (Lipinski definition) is 0. The van der Waals surface area contributed by atoms with Crippen LogP contribution in [0.4, 0.5) is 0 Å². The molecule has 0 fully saturated rings. The molecule has 0 rings (SSSR count). The fraction of sp³-hybridized carbons (Fsp3) is 0.800. The summed E-state index contributed by atoms with van der Waals surface area (Å²) in [6.45, 7) is 13.5. The van der Waals surface area contributed by atoms with Crippen LogP contribution in [0.1, 0.15) is 27.7 Å². The van der Waals surface area contributed by atoms with E-state index in [0.29, 0.717) is 5.04 Å². The minimum atomic E-state index is -1.56. The van der Waals surface area contributed by atoms with E-state index in [2.05, 4.69) is 69.5 Å². The van der Waals surface area contributed by atoms with E-state index < -0.39 is 8.32 Å². The summed E-state index contributed by atoms with van der Waals surface area (Å²) >= 11 is 2.23. The SMILES string of the molecule is C[C@H](/C=C\I)O[Si](C)(C)C(C)(C)C. The molecule has 3 heteroatoms. The van der Waals surface area contributed by atoms with E-state index in [1.54, 1.807) is 0 Å². The number of halogens is 1. The Morgan fingerprint density at radius 2 is 1.77 bits per heavy atom. The van der Waals surface area contributed by atoms with Gasteiger partial charge < -0.3 is 4.43 Å². The van der Waals surface area contributed by atoms with Gasteiger partial charge in [0.2, 0.25) is 0 Å². The molecule has 0 saturated carbocycles. The highest BCUT2D eigenvalue weighted by atomic mass is 127. The Balaban J connectivity index is 4.33. The van der Waals surface area contributed by atoms with Crippen molar-refractivity contribution in [2.24, 2.45) is 0 Å². The summed E-state index contributed by atoms with van der Waals surface area (Å²) in [6.07, 6.45) is 2.35. The van der Waals surface area contributed by atoms with E-state index in [0.717, 1.165) is 0 Å². The molecule has 0 radical (unpaired) electrons. The first kappa shape index (κ1) is 13.6. The van der Waals surface area contributed by atoms with Gasteiger partial charge in [0.15, 0.2) is 8.32 Å². The highest BCUT2D eigenvalue weighted by Crippen LogP contribution is 2.37. The molecule has 78 valence electrons. The smallest absolute Gasteiger partial charge is 0.192 e. The number of hydrogen-bond acceptors (Lipinski definition) is 1. The average Bonchev–Trinajstić information content (AvgIpc) is 1.83. The first-order valence-electron chi connectivity index (χ1n) is 4.65. The molecule has 0 aliphatic heterocycles. The predicted octanol–water partition coefficient (Wildman–Crippen LogP) is 4.35. The van der Waals surface area contributed by atoms with E-state index in [9.17, 15) is 0 Å². The summed E-state index contributed by atoms with van der Waals surface area (Å²) in [7, 11) is -1.56. The Kier molecular flexibility index (Phi) is 5.18. The zero-order chi connectivity index (χ0) is 10.7. The molecule has 0 bridgehead atoms. The molecular formula is C10H21IOSi. The zero-order valence-corrected chi connectivity index (χ0v) is 12.7. The van der Waals surface area contributed by atoms with E-state index in [1.807, 2.05) is 4.08 Å². The molecule has 0 aromatic carbocycles. The van der Waals surface area contributed by atoms with Crippen molar-refractivity contribution >= 4 is 30.9 Å². The van der Waals surface area contributed by atoms with Gasteiger partial charge in [-0.2, -0.15) is 0 Å². The van der Waals surface area contributed by atoms with Crippen LogP contribution in [0.15, 0.2) is 10.2 Å². The van der Waals surface area contributed by atoms with E-state index >= 15 is 0 Å². The van der Waals surface area contributed by atoms with Crippen LogP contribution >= 0.6 is 22.6 Å². The Labute approximate surface area is 97.2 Å². The lowest BCUT2D eigenvalue weighted by atomic mass is 10.2. The Morgan fingerprint density at radius 3 is 2.08 bits per heavy atom. The van der Waals surface area contributed by atoms with Gasteiger partial charge in [0.1, 0.15) is 0 Å². The Morgan fingerprint density at radius 1 is 1.31 bits per heavy atom. The van der Waals surface area contributed by atoms with Gasteiger partial charge in [0.05, 0.1) is 6.10 Å². The van der Waals surface area contributed by atoms with Crippen molar-refractivity contribution in [3.05, 3.63) is 10.2 Å². The molecule has 0 N–H and O–H groups in total. The minimum Gasteiger partial charge on any atom is -0.411 e. The lowest BCUT2D eigenvalue weighted by Gasteiger charge is -2.37. The molecule has 1 nitrogen and oxygen atoms in total. The van der Waals surface area contributed by atoms with Gasteiger partial charge in [-0.3, -0.25) is 0 Å². The van der Waals surface area contributed by atoms with Crippen LogP contribution in [-0.4, -0.2) is 14.4 Å². The monoisotopic (exact) mass is 312 g/mol. The first-order valence-corrected chi connectivity index (χ1v) is 8.81. The molecule has 0 saturated heterocycles. The van der Waals surface area contributed by atoms with Crippen molar-refractivity contribution in [3.8, 4) is 0 Å². The third-order valence-corrected chi connectivity index (χ3v) is 7.62. The van der Waals surface area contributed by atoms with Gasteiger partial charge in [-0.15, -0.1) is 0 Å². The van der Waals surface area contributed by atoms with Gasteiger partial charge in [0.25, 0.3) is 0 Å². The van der Waals surface area contributed by atoms with Crippen LogP contribution in [0.3, 0.4) is 0 Å². The first-order chi connectivity index (χ1) is 5.70. The Bertz CT molecular complexity index is 182. The lowest BCUT2D eigenvalue weighted by Crippen LogP contribution is -2.42. The standard InChI is InChI=1S/C10H21IOSi/c1-9(7-8-11)12-13(5,6)10(2,3)4/h7-9H,1-6H3/b8-7-/t9-/m1/s1. The van der Waals surface area contributed by atoms with Crippen LogP contribution in [0.2, 0.25) is 18.1 Å². The summed E-state index contributed by atoms with van der Waals surface area (Å²) in [5, 5.41) is 0.306. The largest absolute Gasteiger partial charge is 0.411 e. The molecule has 0 amide bonds. The molecule has 1 atom stereocenters. The van der Waals surface area contributed by atoms with Crippen molar-refractivity contribution in [1.82, 2.24) is 0 Å². The third kappa shape index (κ3) is 4.60. The summed E-state index contributed by atoms with van der Waals surface area (Å²) in [5.74, 6) is 0. The lowest BCUT2D eigenvalue weighted by molar-refractivity contribution is 0.243. The van der Waals surface area contributed by atoms with Crippen LogP contribution in [0.5, 0.6) is 0 Å². The summed E-state index contributed by atoms with van der Waals surface area (Å²) < 4.78 is 8.11. The quantitative estimate of drug-likeness (QED) is 0.556. The molecule has 0 heterocycles. The highest BCUT2D eigenvalue weighted by Gasteiger charge is 2.37. The van der Waals surface area contributed by atoms with Crippen molar-refractivity contribution in [2.45, 2.75) is 51.9 Å². The van der Waals surface area contributed by atoms with Gasteiger partial charge >= 0.3 is 0 Å². The van der Waals surface area contributed by atoms with E-state index in [4.69, 9.17) is 4.43 Å². The topological polar surface area (TPSA) is 9.23 Å². The molecular weight excluding hydrogens is 291 g/mol. The minimum absolute atomic E-state index is 0.248. The normalized spacial score (nSPS) is 16.5. The maximum absolute atomic E-state index is 6.09. The summed E-state index contributed by atoms with van der Waals surface area (Å²) in [6, 6.07) is 0. The summed E-state index contributed by atoms with van der Waals surface area (Å²) in [4.78, 5) is 0. The summed E-state index contributed by atoms with van der Waals surface area (Å²) in [5.41, 5.74) is 0. The van der Waals surface area contributed by atoms with Gasteiger partial charge in [-0.05, 0) is 29.1 Å². The third-order valence-electron chi connectivity index (χ3n) is 2.63. The maximum atomic E-state index is 6.09. The van der Waals surface area contributed by atoms with Crippen molar-refractivity contribution < 1.29 is 4.43 Å². The molecule has 0 aromatic heterocycles. The van der Waals surface area contributed by atoms with Crippen molar-refractivity contribution in [3.63, 3.8) is 0 Å². The van der Waals surface area contributed by atoms with Gasteiger partial charge in [-0.25, -0.2) is 0 Å². The zero-order valence-electron chi connectivity index (χ0n) is 9.52. The van der Waals surface area contributed by atoms with E-state index in [-0.39, 0.29) is 6.10 Å². The molecule has 0 aliphatic carbocycles. The van der Waals surface area contributed by atoms with Crippen molar-refractivity contribution in [2.75, 3.05) is 0 Å². The second-order valence-electron chi connectivity index (χ2n) is 4.90. The molecule has 0 unspecified atom stereocenters. The predicted molar refractivity (Wildman–Crippen MR) is 70.9 cm³/mol. The fourth-order valence-corrected chi connectivity index (χ4v) is 2.73. The van der Waals surface area contributed by atoms with E-state index in [1.165, 1.54) is 0 Å². The second-order valence-corrected chi connectivity index (χ2v) is 10.4. The second kappa shape index (κ2) is 4.93. The van der Waals surface area contributed by atoms with Crippen LogP contribution in [-0.2, 0) is 4.43 Å². The van der Waals surface area contributed by atoms with Crippen LogP contribution in [0, 0.1) is 0 Å². The van der Waals surface area contributed by atoms with Crippen LogP contribution in [0.25, 0.3) is 0 Å². The van der Waals surface area contributed by atoms with Crippen LogP contribution < -0.4 is 0 Å². The average molecular weight is 312 g/mol. The maximum Gasteiger partial charge on any atom is 0.192 e. The Hall–Kier alpha value is 0.647. The fourth-order valence-electron chi connectivity index (χ4n) is 0.783. The molecule has 13 heavy (non-hydrogen) atoms. The molecule has 0 aliphatic rings. The van der Waals surface area contributed by atoms with Crippen molar-refractivity contribution in [1.29, 1.82) is 0 Å². The van der Waals surface area contributed by atoms with Gasteiger partial charge in [0, 0.05) is 0 Å². The highest BCUT2D eigenvalue weighted by molar-refractivity contribution is 14.1. The number of rotatable bonds is 3. The molecule has 0 aromatic rings. The molecule has 0 spiro atoms. The van der Waals surface area contributed by atoms with Gasteiger partial charge in [-0.1, -0.05) is 49.4 Å².